The Morgan fingerprint density at radius 2 is 1.87 bits per heavy atom. The molecule has 1 aromatic carbocycles. The zero-order valence-electron chi connectivity index (χ0n) is 10.2. The summed E-state index contributed by atoms with van der Waals surface area (Å²) in [6.07, 6.45) is 0. The Morgan fingerprint density at radius 1 is 1.20 bits per heavy atom. The highest BCUT2D eigenvalue weighted by molar-refractivity contribution is 5.37. The zero-order valence-corrected chi connectivity index (χ0v) is 10.2. The summed E-state index contributed by atoms with van der Waals surface area (Å²) in [5.74, 6) is 1.33. The maximum absolute atomic E-state index is 5.81. The van der Waals surface area contributed by atoms with Gasteiger partial charge >= 0.3 is 0 Å². The van der Waals surface area contributed by atoms with E-state index in [9.17, 15) is 0 Å². The van der Waals surface area contributed by atoms with Gasteiger partial charge in [-0.1, -0.05) is 32.0 Å². The van der Waals surface area contributed by atoms with Gasteiger partial charge in [0.15, 0.2) is 0 Å². The minimum absolute atomic E-state index is 0.399. The first kappa shape index (κ1) is 10.7. The smallest absolute Gasteiger partial charge is 0.00375 e. The van der Waals surface area contributed by atoms with Crippen LogP contribution in [0.1, 0.15) is 36.5 Å². The second-order valence-electron chi connectivity index (χ2n) is 5.48. The summed E-state index contributed by atoms with van der Waals surface area (Å²) in [5, 5.41) is 0. The van der Waals surface area contributed by atoms with Gasteiger partial charge in [0, 0.05) is 0 Å². The lowest BCUT2D eigenvalue weighted by molar-refractivity contribution is 0.558. The molecule has 0 aliphatic heterocycles. The van der Waals surface area contributed by atoms with Crippen molar-refractivity contribution in [1.82, 2.24) is 0 Å². The van der Waals surface area contributed by atoms with Gasteiger partial charge in [0.1, 0.15) is 0 Å². The molecule has 0 saturated heterocycles. The van der Waals surface area contributed by atoms with Gasteiger partial charge in [-0.2, -0.15) is 0 Å². The lowest BCUT2D eigenvalue weighted by atomic mass is 9.99. The first-order chi connectivity index (χ1) is 6.98. The summed E-state index contributed by atoms with van der Waals surface area (Å²) in [5.41, 5.74) is 10.4. The van der Waals surface area contributed by atoms with E-state index in [0.717, 1.165) is 6.54 Å². The summed E-state index contributed by atoms with van der Waals surface area (Å²) >= 11 is 0. The minimum Gasteiger partial charge on any atom is -0.330 e. The molecule has 82 valence electrons. The third-order valence-electron chi connectivity index (χ3n) is 4.19. The summed E-state index contributed by atoms with van der Waals surface area (Å²) in [6, 6.07) is 6.83. The van der Waals surface area contributed by atoms with Crippen LogP contribution in [0.5, 0.6) is 0 Å². The molecule has 0 spiro atoms. The molecule has 0 radical (unpaired) electrons. The maximum atomic E-state index is 5.81. The van der Waals surface area contributed by atoms with Crippen LogP contribution in [0, 0.1) is 25.2 Å². The van der Waals surface area contributed by atoms with Gasteiger partial charge in [-0.15, -0.1) is 0 Å². The van der Waals surface area contributed by atoms with Gasteiger partial charge < -0.3 is 5.73 Å². The molecule has 0 aromatic heterocycles. The average molecular weight is 203 g/mol. The lowest BCUT2D eigenvalue weighted by Gasteiger charge is -2.06. The zero-order chi connectivity index (χ0) is 11.2. The van der Waals surface area contributed by atoms with Crippen LogP contribution in [0.4, 0.5) is 0 Å². The molecule has 2 N–H and O–H groups in total. The van der Waals surface area contributed by atoms with E-state index < -0.39 is 0 Å². The van der Waals surface area contributed by atoms with Crippen LogP contribution < -0.4 is 5.73 Å². The first-order valence-electron chi connectivity index (χ1n) is 5.75. The Kier molecular flexibility index (Phi) is 2.38. The molecule has 0 amide bonds. The van der Waals surface area contributed by atoms with E-state index >= 15 is 0 Å². The van der Waals surface area contributed by atoms with Crippen LogP contribution in [-0.2, 0) is 0 Å². The number of rotatable bonds is 2. The lowest BCUT2D eigenvalue weighted by Crippen LogP contribution is -2.05. The second-order valence-corrected chi connectivity index (χ2v) is 5.48. The van der Waals surface area contributed by atoms with Crippen molar-refractivity contribution in [1.29, 1.82) is 0 Å². The first-order valence-corrected chi connectivity index (χ1v) is 5.75. The Hall–Kier alpha value is -0.820. The molecule has 0 heterocycles. The summed E-state index contributed by atoms with van der Waals surface area (Å²) < 4.78 is 0. The van der Waals surface area contributed by atoms with Crippen molar-refractivity contribution < 1.29 is 0 Å². The van der Waals surface area contributed by atoms with Crippen LogP contribution in [0.3, 0.4) is 0 Å². The molecule has 2 atom stereocenters. The third kappa shape index (κ3) is 1.59. The summed E-state index contributed by atoms with van der Waals surface area (Å²) in [4.78, 5) is 0. The third-order valence-corrected chi connectivity index (χ3v) is 4.19. The molecular formula is C14H21N. The van der Waals surface area contributed by atoms with Crippen LogP contribution >= 0.6 is 0 Å². The maximum Gasteiger partial charge on any atom is -0.00375 e. The van der Waals surface area contributed by atoms with Crippen molar-refractivity contribution in [2.45, 2.75) is 33.6 Å². The highest BCUT2D eigenvalue weighted by Gasteiger charge is 2.57. The summed E-state index contributed by atoms with van der Waals surface area (Å²) in [7, 11) is 0. The quantitative estimate of drug-likeness (QED) is 0.785. The number of hydrogen-bond acceptors (Lipinski definition) is 1. The van der Waals surface area contributed by atoms with Crippen LogP contribution in [0.25, 0.3) is 0 Å². The number of benzene rings is 1. The molecular weight excluding hydrogens is 182 g/mol. The monoisotopic (exact) mass is 203 g/mol. The molecule has 1 aliphatic carbocycles. The minimum atomic E-state index is 0.399. The van der Waals surface area contributed by atoms with E-state index in [1.165, 1.54) is 16.7 Å². The normalized spacial score (nSPS) is 27.8. The Bertz CT molecular complexity index is 379. The van der Waals surface area contributed by atoms with E-state index in [1.807, 2.05) is 0 Å². The fraction of sp³-hybridized carbons (Fsp3) is 0.571. The van der Waals surface area contributed by atoms with Crippen molar-refractivity contribution in [3.05, 3.63) is 34.9 Å². The topological polar surface area (TPSA) is 26.0 Å². The Morgan fingerprint density at radius 3 is 2.33 bits per heavy atom. The molecule has 0 unspecified atom stereocenters. The van der Waals surface area contributed by atoms with Crippen molar-refractivity contribution in [3.8, 4) is 0 Å². The van der Waals surface area contributed by atoms with E-state index in [4.69, 9.17) is 5.73 Å². The number of nitrogens with two attached hydrogens (primary N) is 1. The van der Waals surface area contributed by atoms with Crippen LogP contribution in [-0.4, -0.2) is 6.54 Å². The number of aryl methyl sites for hydroxylation is 2. The van der Waals surface area contributed by atoms with Crippen LogP contribution in [0.15, 0.2) is 18.2 Å². The largest absolute Gasteiger partial charge is 0.330 e. The molecule has 1 aromatic rings. The average Bonchev–Trinajstić information content (AvgIpc) is 2.73. The molecule has 1 heteroatoms. The van der Waals surface area contributed by atoms with Gasteiger partial charge in [-0.05, 0) is 54.3 Å². The van der Waals surface area contributed by atoms with Gasteiger partial charge in [0.2, 0.25) is 0 Å². The molecule has 0 bridgehead atoms. The standard InChI is InChI=1S/C14H21N/c1-9-5-6-11(7-10(9)2)13-12(8-15)14(13,3)4/h5-7,12-13H,8,15H2,1-4H3/t12-,13-/m0/s1. The molecule has 1 nitrogen and oxygen atoms in total. The predicted octanol–water partition coefficient (Wildman–Crippen LogP) is 3.00. The van der Waals surface area contributed by atoms with Gasteiger partial charge in [0.05, 0.1) is 0 Å². The highest BCUT2D eigenvalue weighted by atomic mass is 14.7. The van der Waals surface area contributed by atoms with Crippen molar-refractivity contribution >= 4 is 0 Å². The molecule has 2 rings (SSSR count). The Balaban J connectivity index is 2.29. The molecule has 15 heavy (non-hydrogen) atoms. The Labute approximate surface area is 92.7 Å². The van der Waals surface area contributed by atoms with E-state index in [0.29, 0.717) is 17.3 Å². The van der Waals surface area contributed by atoms with Gasteiger partial charge in [-0.3, -0.25) is 0 Å². The molecule has 1 aliphatic rings. The van der Waals surface area contributed by atoms with Crippen molar-refractivity contribution in [3.63, 3.8) is 0 Å². The highest BCUT2D eigenvalue weighted by Crippen LogP contribution is 2.63. The SMILES string of the molecule is Cc1ccc([C@H]2[C@H](CN)C2(C)C)cc1C. The fourth-order valence-electron chi connectivity index (χ4n) is 2.80. The van der Waals surface area contributed by atoms with Gasteiger partial charge in [0.25, 0.3) is 0 Å². The molecule has 1 saturated carbocycles. The van der Waals surface area contributed by atoms with E-state index in [1.54, 1.807) is 0 Å². The second kappa shape index (κ2) is 3.34. The summed E-state index contributed by atoms with van der Waals surface area (Å²) in [6.45, 7) is 9.81. The van der Waals surface area contributed by atoms with E-state index in [2.05, 4.69) is 45.9 Å². The number of hydrogen-bond donors (Lipinski definition) is 1. The predicted molar refractivity (Wildman–Crippen MR) is 65.0 cm³/mol. The van der Waals surface area contributed by atoms with E-state index in [-0.39, 0.29) is 0 Å². The van der Waals surface area contributed by atoms with Gasteiger partial charge in [-0.25, -0.2) is 0 Å². The van der Waals surface area contributed by atoms with Crippen molar-refractivity contribution in [2.75, 3.05) is 6.54 Å². The molecule has 1 fully saturated rings. The van der Waals surface area contributed by atoms with Crippen LogP contribution in [0.2, 0.25) is 0 Å². The fourth-order valence-corrected chi connectivity index (χ4v) is 2.80. The van der Waals surface area contributed by atoms with Crippen molar-refractivity contribution in [2.24, 2.45) is 17.1 Å².